The van der Waals surface area contributed by atoms with Crippen molar-refractivity contribution in [2.75, 3.05) is 5.88 Å². The van der Waals surface area contributed by atoms with Gasteiger partial charge in [0.05, 0.1) is 18.0 Å². The minimum absolute atomic E-state index is 0. The Balaban J connectivity index is 0.000000853. The van der Waals surface area contributed by atoms with Crippen LogP contribution in [-0.4, -0.2) is 28.0 Å². The lowest BCUT2D eigenvalue weighted by atomic mass is 9.91. The van der Waals surface area contributed by atoms with Crippen molar-refractivity contribution in [3.8, 4) is 0 Å². The molecule has 0 amide bonds. The Morgan fingerprint density at radius 1 is 1.47 bits per heavy atom. The minimum Gasteiger partial charge on any atom is -0.318 e. The van der Waals surface area contributed by atoms with Crippen molar-refractivity contribution in [2.45, 2.75) is 37.8 Å². The van der Waals surface area contributed by atoms with Gasteiger partial charge in [0.25, 0.3) is 0 Å². The lowest BCUT2D eigenvalue weighted by Crippen LogP contribution is -2.38. The number of halogens is 2. The molecule has 0 N–H and O–H groups in total. The second-order valence-electron chi connectivity index (χ2n) is 4.06. The molecule has 3 rings (SSSR count). The van der Waals surface area contributed by atoms with Crippen LogP contribution in [0.5, 0.6) is 0 Å². The number of hydrogen-bond acceptors (Lipinski definition) is 3. The molecular formula is C10H14Cl2N2S. The second-order valence-corrected chi connectivity index (χ2v) is 5.17. The molecule has 3 aliphatic rings. The Hall–Kier alpha value is 0.140. The van der Waals surface area contributed by atoms with Crippen molar-refractivity contribution in [1.29, 1.82) is 0 Å². The summed E-state index contributed by atoms with van der Waals surface area (Å²) in [7, 11) is 0. The summed E-state index contributed by atoms with van der Waals surface area (Å²) in [5.74, 6) is 0.620. The number of aliphatic imine (C=N–C) groups is 1. The smallest absolute Gasteiger partial charge is 0.168 e. The third-order valence-electron chi connectivity index (χ3n) is 3.25. The van der Waals surface area contributed by atoms with E-state index in [-0.39, 0.29) is 12.4 Å². The van der Waals surface area contributed by atoms with Crippen molar-refractivity contribution in [1.82, 2.24) is 4.90 Å². The molecule has 0 aromatic carbocycles. The molecule has 0 saturated heterocycles. The first-order valence-electron chi connectivity index (χ1n) is 5.19. The first-order valence-corrected chi connectivity index (χ1v) is 6.60. The van der Waals surface area contributed by atoms with Crippen LogP contribution in [0.4, 0.5) is 0 Å². The number of hydrogen-bond donors (Lipinski definition) is 0. The summed E-state index contributed by atoms with van der Waals surface area (Å²) >= 11 is 7.67. The summed E-state index contributed by atoms with van der Waals surface area (Å²) in [4.78, 5) is 7.14. The fourth-order valence-corrected chi connectivity index (χ4v) is 3.88. The van der Waals surface area contributed by atoms with Gasteiger partial charge in [-0.25, -0.2) is 0 Å². The van der Waals surface area contributed by atoms with Gasteiger partial charge in [0.15, 0.2) is 5.17 Å². The molecular weight excluding hydrogens is 251 g/mol. The first-order chi connectivity index (χ1) is 6.90. The van der Waals surface area contributed by atoms with E-state index in [0.717, 1.165) is 0 Å². The van der Waals surface area contributed by atoms with Crippen molar-refractivity contribution in [3.05, 3.63) is 11.1 Å². The zero-order valence-corrected chi connectivity index (χ0v) is 10.7. The summed E-state index contributed by atoms with van der Waals surface area (Å²) in [5, 5.41) is 3.34. The Morgan fingerprint density at radius 2 is 2.27 bits per heavy atom. The molecule has 0 spiro atoms. The summed E-state index contributed by atoms with van der Waals surface area (Å²) in [6, 6.07) is 1.18. The van der Waals surface area contributed by atoms with Crippen molar-refractivity contribution in [3.63, 3.8) is 0 Å². The van der Waals surface area contributed by atoms with Crippen molar-refractivity contribution in [2.24, 2.45) is 4.99 Å². The molecule has 2 aliphatic heterocycles. The van der Waals surface area contributed by atoms with Crippen LogP contribution in [0.1, 0.15) is 25.7 Å². The molecule has 0 radical (unpaired) electrons. The molecule has 1 saturated carbocycles. The quantitative estimate of drug-likeness (QED) is 0.676. The Labute approximate surface area is 106 Å². The molecule has 84 valence electrons. The largest absolute Gasteiger partial charge is 0.318 e. The van der Waals surface area contributed by atoms with Crippen molar-refractivity contribution >= 4 is 40.9 Å². The highest BCUT2D eigenvalue weighted by Gasteiger charge is 2.41. The van der Waals surface area contributed by atoms with Crippen LogP contribution in [0.2, 0.25) is 0 Å². The summed E-state index contributed by atoms with van der Waals surface area (Å²) in [5.41, 5.74) is 1.25. The average molecular weight is 265 g/mol. The Morgan fingerprint density at radius 3 is 3.07 bits per heavy atom. The van der Waals surface area contributed by atoms with E-state index < -0.39 is 0 Å². The van der Waals surface area contributed by atoms with Crippen molar-refractivity contribution < 1.29 is 0 Å². The number of amidine groups is 1. The highest BCUT2D eigenvalue weighted by atomic mass is 35.5. The third-order valence-corrected chi connectivity index (χ3v) is 4.43. The van der Waals surface area contributed by atoms with Gasteiger partial charge in [-0.05, 0) is 18.2 Å². The predicted octanol–water partition coefficient (Wildman–Crippen LogP) is 3.22. The van der Waals surface area contributed by atoms with E-state index in [9.17, 15) is 0 Å². The van der Waals surface area contributed by atoms with E-state index in [0.29, 0.717) is 18.0 Å². The van der Waals surface area contributed by atoms with Gasteiger partial charge in [-0.1, -0.05) is 24.6 Å². The second kappa shape index (κ2) is 4.56. The highest BCUT2D eigenvalue weighted by molar-refractivity contribution is 8.16. The van der Waals surface area contributed by atoms with E-state index >= 15 is 0 Å². The summed E-state index contributed by atoms with van der Waals surface area (Å²) < 4.78 is 0. The fraction of sp³-hybridized carbons (Fsp3) is 0.700. The van der Waals surface area contributed by atoms with Crippen LogP contribution < -0.4 is 0 Å². The number of alkyl halides is 1. The van der Waals surface area contributed by atoms with Gasteiger partial charge < -0.3 is 4.90 Å². The van der Waals surface area contributed by atoms with Crippen LogP contribution in [0.3, 0.4) is 0 Å². The van der Waals surface area contributed by atoms with Gasteiger partial charge in [-0.15, -0.1) is 24.0 Å². The molecule has 5 heteroatoms. The number of nitrogens with zero attached hydrogens (tertiary/aromatic N) is 2. The number of allylic oxidation sites excluding steroid dienone is 1. The molecule has 1 fully saturated rings. The zero-order valence-electron chi connectivity index (χ0n) is 8.36. The lowest BCUT2D eigenvalue weighted by Gasteiger charge is -2.31. The Kier molecular flexibility index (Phi) is 3.53. The molecule has 0 aromatic heterocycles. The molecule has 2 nitrogen and oxygen atoms in total. The first kappa shape index (κ1) is 11.6. The van der Waals surface area contributed by atoms with E-state index in [4.69, 9.17) is 16.6 Å². The highest BCUT2D eigenvalue weighted by Crippen LogP contribution is 2.40. The monoisotopic (exact) mass is 264 g/mol. The third kappa shape index (κ3) is 1.79. The normalized spacial score (nSPS) is 32.7. The van der Waals surface area contributed by atoms with Crippen LogP contribution in [-0.2, 0) is 0 Å². The average Bonchev–Trinajstić information content (AvgIpc) is 2.75. The molecule has 1 unspecified atom stereocenters. The molecule has 1 aliphatic carbocycles. The van der Waals surface area contributed by atoms with Crippen LogP contribution in [0.25, 0.3) is 0 Å². The Bertz CT molecular complexity index is 317. The fourth-order valence-electron chi connectivity index (χ4n) is 2.59. The van der Waals surface area contributed by atoms with Gasteiger partial charge >= 0.3 is 0 Å². The zero-order chi connectivity index (χ0) is 9.54. The topological polar surface area (TPSA) is 15.6 Å². The van der Waals surface area contributed by atoms with Crippen LogP contribution in [0, 0.1) is 0 Å². The van der Waals surface area contributed by atoms with E-state index in [2.05, 4.69) is 10.3 Å². The number of thioether (sulfide) groups is 1. The van der Waals surface area contributed by atoms with E-state index in [1.807, 2.05) is 0 Å². The van der Waals surface area contributed by atoms with Crippen LogP contribution in [0.15, 0.2) is 16.1 Å². The molecule has 0 bridgehead atoms. The standard InChI is InChI=1S/C10H13ClN2S.ClH/c11-5-7-6-14-10-12-8-3-1-2-4-9(8)13(7)10;/h6,8-9H,1-5H2;1H/t8-,9?;/m1./s1. The maximum atomic E-state index is 5.93. The molecule has 15 heavy (non-hydrogen) atoms. The lowest BCUT2D eigenvalue weighted by molar-refractivity contribution is 0.285. The minimum atomic E-state index is 0. The SMILES string of the molecule is Cl.ClCC1=CSC2=N[C@@H]3CCCCC3N12. The number of rotatable bonds is 1. The van der Waals surface area contributed by atoms with Gasteiger partial charge in [0, 0.05) is 5.70 Å². The summed E-state index contributed by atoms with van der Waals surface area (Å²) in [6.07, 6.45) is 5.24. The van der Waals surface area contributed by atoms with Gasteiger partial charge in [-0.2, -0.15) is 0 Å². The van der Waals surface area contributed by atoms with Gasteiger partial charge in [-0.3, -0.25) is 4.99 Å². The number of fused-ring (bicyclic) bond motifs is 3. The van der Waals surface area contributed by atoms with Gasteiger partial charge in [0.1, 0.15) is 0 Å². The summed E-state index contributed by atoms with van der Waals surface area (Å²) in [6.45, 7) is 0. The maximum Gasteiger partial charge on any atom is 0.168 e. The van der Waals surface area contributed by atoms with E-state index in [1.54, 1.807) is 11.8 Å². The van der Waals surface area contributed by atoms with Gasteiger partial charge in [0.2, 0.25) is 0 Å². The molecule has 0 aromatic rings. The van der Waals surface area contributed by atoms with Crippen LogP contribution >= 0.6 is 35.8 Å². The van der Waals surface area contributed by atoms with E-state index in [1.165, 1.54) is 36.5 Å². The molecule has 2 atom stereocenters. The predicted molar refractivity (Wildman–Crippen MR) is 69.0 cm³/mol. The maximum absolute atomic E-state index is 5.93. The molecule has 2 heterocycles.